The molecule has 25 heavy (non-hydrogen) atoms. The van der Waals surface area contributed by atoms with Gasteiger partial charge in [-0.05, 0) is 34.8 Å². The van der Waals surface area contributed by atoms with Crippen LogP contribution in [0.2, 0.25) is 0 Å². The third kappa shape index (κ3) is 2.73. The fourth-order valence-corrected chi connectivity index (χ4v) is 4.22. The molecule has 0 spiro atoms. The van der Waals surface area contributed by atoms with Crippen LogP contribution in [-0.4, -0.2) is 11.2 Å². The van der Waals surface area contributed by atoms with Crippen molar-refractivity contribution in [2.75, 3.05) is 0 Å². The van der Waals surface area contributed by atoms with Crippen LogP contribution in [0.1, 0.15) is 47.4 Å². The Kier molecular flexibility index (Phi) is 4.04. The highest BCUT2D eigenvalue weighted by Gasteiger charge is 2.33. The summed E-state index contributed by atoms with van der Waals surface area (Å²) in [5.41, 5.74) is 4.50. The smallest absolute Gasteiger partial charge is 0.128 e. The first-order chi connectivity index (χ1) is 12.1. The van der Waals surface area contributed by atoms with Gasteiger partial charge in [-0.3, -0.25) is 0 Å². The molecule has 0 heterocycles. The van der Waals surface area contributed by atoms with Gasteiger partial charge in [0.25, 0.3) is 0 Å². The largest absolute Gasteiger partial charge is 0.388 e. The molecule has 3 heteroatoms. The lowest BCUT2D eigenvalue weighted by Gasteiger charge is -2.25. The van der Waals surface area contributed by atoms with Crippen molar-refractivity contribution in [3.05, 3.63) is 94.1 Å². The maximum Gasteiger partial charge on any atom is 0.128 e. The van der Waals surface area contributed by atoms with E-state index in [1.165, 1.54) is 5.56 Å². The summed E-state index contributed by atoms with van der Waals surface area (Å²) < 4.78 is 29.3. The predicted molar refractivity (Wildman–Crippen MR) is 94.8 cm³/mol. The van der Waals surface area contributed by atoms with Crippen LogP contribution in [0, 0.1) is 0 Å². The minimum atomic E-state index is -1.09. The molecule has 2 aliphatic carbocycles. The van der Waals surface area contributed by atoms with Gasteiger partial charge >= 0.3 is 0 Å². The number of fused-ring (bicyclic) bond motifs is 2. The first kappa shape index (κ1) is 16.2. The lowest BCUT2D eigenvalue weighted by Crippen LogP contribution is -2.16. The zero-order valence-corrected chi connectivity index (χ0v) is 14.0. The zero-order valence-electron chi connectivity index (χ0n) is 14.0. The Balaban J connectivity index is 1.93. The van der Waals surface area contributed by atoms with Crippen molar-refractivity contribution in [1.29, 1.82) is 0 Å². The molecule has 4 rings (SSSR count). The van der Waals surface area contributed by atoms with E-state index in [0.29, 0.717) is 6.42 Å². The maximum atomic E-state index is 14.7. The van der Waals surface area contributed by atoms with Gasteiger partial charge in [0, 0.05) is 23.8 Å². The summed E-state index contributed by atoms with van der Waals surface area (Å²) in [7, 11) is 0. The van der Waals surface area contributed by atoms with Crippen molar-refractivity contribution in [2.45, 2.75) is 37.7 Å². The molecule has 1 N–H and O–H groups in total. The maximum absolute atomic E-state index is 14.7. The first-order valence-corrected chi connectivity index (χ1v) is 8.67. The highest BCUT2D eigenvalue weighted by Crippen LogP contribution is 2.46. The normalized spacial score (nSPS) is 25.8. The molecule has 0 aliphatic heterocycles. The Hall–Kier alpha value is -2.26. The van der Waals surface area contributed by atoms with Crippen LogP contribution in [0.5, 0.6) is 0 Å². The fraction of sp³-hybridized carbons (Fsp3) is 0.273. The first-order valence-electron chi connectivity index (χ1n) is 8.67. The summed E-state index contributed by atoms with van der Waals surface area (Å²) in [6.07, 6.45) is 0.438. The van der Waals surface area contributed by atoms with E-state index >= 15 is 0 Å². The molecule has 0 bridgehead atoms. The molecule has 1 nitrogen and oxygen atoms in total. The van der Waals surface area contributed by atoms with Crippen molar-refractivity contribution in [3.8, 4) is 0 Å². The summed E-state index contributed by atoms with van der Waals surface area (Å²) in [6.45, 7) is 2.14. The number of aliphatic hydroxyl groups is 1. The van der Waals surface area contributed by atoms with Crippen molar-refractivity contribution >= 4 is 0 Å². The monoisotopic (exact) mass is 338 g/mol. The fourth-order valence-electron chi connectivity index (χ4n) is 4.22. The molecule has 2 aliphatic rings. The molecule has 0 saturated carbocycles. The van der Waals surface area contributed by atoms with E-state index in [0.717, 1.165) is 22.8 Å². The number of allylic oxidation sites excluding steroid dienone is 2. The van der Waals surface area contributed by atoms with Gasteiger partial charge in [0.05, 0.1) is 6.10 Å². The Labute approximate surface area is 146 Å². The van der Waals surface area contributed by atoms with Gasteiger partial charge in [-0.25, -0.2) is 8.78 Å². The number of rotatable bonds is 1. The molecule has 0 saturated heterocycles. The average molecular weight is 338 g/mol. The van der Waals surface area contributed by atoms with E-state index in [9.17, 15) is 13.9 Å². The molecule has 2 aromatic carbocycles. The summed E-state index contributed by atoms with van der Waals surface area (Å²) >= 11 is 0. The van der Waals surface area contributed by atoms with Crippen LogP contribution in [0.4, 0.5) is 8.78 Å². The summed E-state index contributed by atoms with van der Waals surface area (Å²) in [6, 6.07) is 16.0. The lowest BCUT2D eigenvalue weighted by molar-refractivity contribution is 0.206. The zero-order chi connectivity index (χ0) is 17.6. The molecule has 128 valence electrons. The summed E-state index contributed by atoms with van der Waals surface area (Å²) in [4.78, 5) is 0. The SMILES string of the molecule is CC1c2ccccc2CC(C2=C(F)CC(O)C=C2F)c2ccccc21. The third-order valence-corrected chi connectivity index (χ3v) is 5.41. The van der Waals surface area contributed by atoms with Crippen molar-refractivity contribution < 1.29 is 13.9 Å². The van der Waals surface area contributed by atoms with Gasteiger partial charge in [-0.2, -0.15) is 0 Å². The van der Waals surface area contributed by atoms with E-state index < -0.39 is 17.8 Å². The average Bonchev–Trinajstić information content (AvgIpc) is 2.71. The standard InChI is InChI=1S/C22H20F2O/c1-13-16-7-3-2-6-14(16)10-19(18-9-5-4-8-17(13)18)22-20(23)11-15(25)12-21(22)24/h2-9,11,13,15,19,25H,10,12H2,1H3. The number of halogens is 2. The van der Waals surface area contributed by atoms with Crippen LogP contribution < -0.4 is 0 Å². The highest BCUT2D eigenvalue weighted by molar-refractivity contribution is 5.52. The summed E-state index contributed by atoms with van der Waals surface area (Å²) in [5.74, 6) is -1.39. The van der Waals surface area contributed by atoms with Crippen molar-refractivity contribution in [3.63, 3.8) is 0 Å². The second kappa shape index (κ2) is 6.23. The van der Waals surface area contributed by atoms with E-state index in [1.54, 1.807) is 0 Å². The number of hydrogen-bond donors (Lipinski definition) is 1. The van der Waals surface area contributed by atoms with E-state index in [4.69, 9.17) is 0 Å². The van der Waals surface area contributed by atoms with Gasteiger partial charge in [0.2, 0.25) is 0 Å². The van der Waals surface area contributed by atoms with E-state index in [2.05, 4.69) is 13.0 Å². The van der Waals surface area contributed by atoms with Crippen LogP contribution in [0.15, 0.2) is 71.8 Å². The van der Waals surface area contributed by atoms with Crippen LogP contribution in [-0.2, 0) is 6.42 Å². The van der Waals surface area contributed by atoms with Crippen molar-refractivity contribution in [2.24, 2.45) is 0 Å². The minimum absolute atomic E-state index is 0.0988. The molecule has 3 unspecified atom stereocenters. The van der Waals surface area contributed by atoms with Crippen LogP contribution in [0.3, 0.4) is 0 Å². The highest BCUT2D eigenvalue weighted by atomic mass is 19.1. The van der Waals surface area contributed by atoms with Crippen LogP contribution >= 0.6 is 0 Å². The van der Waals surface area contributed by atoms with Gasteiger partial charge in [0.15, 0.2) is 0 Å². The Morgan fingerprint density at radius 1 is 0.880 bits per heavy atom. The number of benzene rings is 2. The van der Waals surface area contributed by atoms with Gasteiger partial charge in [-0.1, -0.05) is 55.5 Å². The Morgan fingerprint density at radius 2 is 1.52 bits per heavy atom. The predicted octanol–water partition coefficient (Wildman–Crippen LogP) is 5.32. The second-order valence-corrected chi connectivity index (χ2v) is 6.91. The molecule has 3 atom stereocenters. The van der Waals surface area contributed by atoms with Crippen molar-refractivity contribution in [1.82, 2.24) is 0 Å². The third-order valence-electron chi connectivity index (χ3n) is 5.41. The van der Waals surface area contributed by atoms with Gasteiger partial charge < -0.3 is 5.11 Å². The van der Waals surface area contributed by atoms with Crippen LogP contribution in [0.25, 0.3) is 0 Å². The second-order valence-electron chi connectivity index (χ2n) is 6.91. The molecule has 2 aromatic rings. The van der Waals surface area contributed by atoms with Gasteiger partial charge in [0.1, 0.15) is 11.7 Å². The number of hydrogen-bond acceptors (Lipinski definition) is 1. The molecule has 0 fully saturated rings. The molecule has 0 aromatic heterocycles. The quantitative estimate of drug-likeness (QED) is 0.746. The molecule has 0 radical (unpaired) electrons. The Bertz CT molecular complexity index is 881. The van der Waals surface area contributed by atoms with Gasteiger partial charge in [-0.15, -0.1) is 0 Å². The number of aliphatic hydroxyl groups excluding tert-OH is 1. The summed E-state index contributed by atoms with van der Waals surface area (Å²) in [5, 5.41) is 9.63. The molecular weight excluding hydrogens is 318 g/mol. The van der Waals surface area contributed by atoms with E-state index in [-0.39, 0.29) is 23.8 Å². The topological polar surface area (TPSA) is 20.2 Å². The Morgan fingerprint density at radius 3 is 2.24 bits per heavy atom. The molecule has 0 amide bonds. The van der Waals surface area contributed by atoms with E-state index in [1.807, 2.05) is 42.5 Å². The molecular formula is C22H20F2O. The lowest BCUT2D eigenvalue weighted by atomic mass is 9.81. The minimum Gasteiger partial charge on any atom is -0.388 e.